The van der Waals surface area contributed by atoms with Crippen molar-refractivity contribution in [1.29, 1.82) is 0 Å². The number of amides is 1. The summed E-state index contributed by atoms with van der Waals surface area (Å²) in [5, 5.41) is 6.39. The van der Waals surface area contributed by atoms with Gasteiger partial charge in [-0.25, -0.2) is 0 Å². The molecule has 1 amide bonds. The van der Waals surface area contributed by atoms with Crippen molar-refractivity contribution in [3.8, 4) is 0 Å². The molecular weight excluding hydrogens is 188 g/mol. The molecule has 0 aromatic rings. The normalized spacial score (nSPS) is 31.3. The maximum Gasteiger partial charge on any atom is 0.220 e. The van der Waals surface area contributed by atoms with Crippen LogP contribution in [0, 0.1) is 17.8 Å². The average Bonchev–Trinajstić information content (AvgIpc) is 2.93. The van der Waals surface area contributed by atoms with E-state index in [9.17, 15) is 4.79 Å². The van der Waals surface area contributed by atoms with Gasteiger partial charge in [0.2, 0.25) is 5.91 Å². The predicted molar refractivity (Wildman–Crippen MR) is 60.5 cm³/mol. The Bertz CT molecular complexity index is 224. The third kappa shape index (κ3) is 3.49. The van der Waals surface area contributed by atoms with Crippen LogP contribution in [0.15, 0.2) is 0 Å². The fraction of sp³-hybridized carbons (Fsp3) is 0.917. The Morgan fingerprint density at radius 3 is 2.67 bits per heavy atom. The SMILES string of the molecule is CC1CC1CNC(=O)CC1CCNCC1. The number of nitrogens with one attached hydrogen (secondary N) is 2. The maximum atomic E-state index is 11.6. The van der Waals surface area contributed by atoms with Crippen LogP contribution in [0.25, 0.3) is 0 Å². The second-order valence-corrected chi connectivity index (χ2v) is 5.17. The van der Waals surface area contributed by atoms with Crippen LogP contribution in [-0.2, 0) is 4.79 Å². The smallest absolute Gasteiger partial charge is 0.220 e. The van der Waals surface area contributed by atoms with Crippen LogP contribution in [0.5, 0.6) is 0 Å². The summed E-state index contributed by atoms with van der Waals surface area (Å²) >= 11 is 0. The van der Waals surface area contributed by atoms with Gasteiger partial charge in [-0.1, -0.05) is 6.92 Å². The Labute approximate surface area is 92.0 Å². The highest BCUT2D eigenvalue weighted by Crippen LogP contribution is 2.36. The Morgan fingerprint density at radius 2 is 2.07 bits per heavy atom. The molecular formula is C12H22N2O. The first kappa shape index (κ1) is 10.9. The molecule has 15 heavy (non-hydrogen) atoms. The van der Waals surface area contributed by atoms with Gasteiger partial charge in [0.05, 0.1) is 0 Å². The van der Waals surface area contributed by atoms with Crippen LogP contribution >= 0.6 is 0 Å². The third-order valence-corrected chi connectivity index (χ3v) is 3.77. The second-order valence-electron chi connectivity index (χ2n) is 5.17. The van der Waals surface area contributed by atoms with Crippen molar-refractivity contribution in [3.05, 3.63) is 0 Å². The fourth-order valence-corrected chi connectivity index (χ4v) is 2.35. The minimum Gasteiger partial charge on any atom is -0.356 e. The summed E-state index contributed by atoms with van der Waals surface area (Å²) in [6.07, 6.45) is 4.36. The van der Waals surface area contributed by atoms with Gasteiger partial charge in [-0.2, -0.15) is 0 Å². The molecule has 1 aliphatic heterocycles. The molecule has 2 fully saturated rings. The zero-order valence-electron chi connectivity index (χ0n) is 9.59. The molecule has 86 valence electrons. The van der Waals surface area contributed by atoms with Gasteiger partial charge in [-0.3, -0.25) is 4.79 Å². The van der Waals surface area contributed by atoms with E-state index in [-0.39, 0.29) is 5.91 Å². The van der Waals surface area contributed by atoms with Crippen LogP contribution in [0.2, 0.25) is 0 Å². The predicted octanol–water partition coefficient (Wildman–Crippen LogP) is 1.15. The lowest BCUT2D eigenvalue weighted by Gasteiger charge is -2.21. The molecule has 0 bridgehead atoms. The molecule has 0 aromatic heterocycles. The quantitative estimate of drug-likeness (QED) is 0.731. The van der Waals surface area contributed by atoms with Crippen LogP contribution in [-0.4, -0.2) is 25.5 Å². The van der Waals surface area contributed by atoms with E-state index in [0.29, 0.717) is 5.92 Å². The molecule has 1 saturated carbocycles. The highest BCUT2D eigenvalue weighted by Gasteiger charge is 2.32. The van der Waals surface area contributed by atoms with Gasteiger partial charge in [0.15, 0.2) is 0 Å². The van der Waals surface area contributed by atoms with E-state index in [1.165, 1.54) is 6.42 Å². The molecule has 3 nitrogen and oxygen atoms in total. The number of hydrogen-bond donors (Lipinski definition) is 2. The van der Waals surface area contributed by atoms with Gasteiger partial charge in [-0.15, -0.1) is 0 Å². The van der Waals surface area contributed by atoms with Crippen molar-refractivity contribution in [2.75, 3.05) is 19.6 Å². The lowest BCUT2D eigenvalue weighted by atomic mass is 9.94. The van der Waals surface area contributed by atoms with Gasteiger partial charge >= 0.3 is 0 Å². The summed E-state index contributed by atoms with van der Waals surface area (Å²) in [5.74, 6) is 2.48. The molecule has 3 heteroatoms. The Balaban J connectivity index is 1.59. The molecule has 2 N–H and O–H groups in total. The van der Waals surface area contributed by atoms with Crippen LogP contribution in [0.1, 0.15) is 32.6 Å². The van der Waals surface area contributed by atoms with Crippen molar-refractivity contribution in [2.24, 2.45) is 17.8 Å². The highest BCUT2D eigenvalue weighted by molar-refractivity contribution is 5.76. The number of hydrogen-bond acceptors (Lipinski definition) is 2. The fourth-order valence-electron chi connectivity index (χ4n) is 2.35. The van der Waals surface area contributed by atoms with E-state index < -0.39 is 0 Å². The van der Waals surface area contributed by atoms with Crippen molar-refractivity contribution in [3.63, 3.8) is 0 Å². The van der Waals surface area contributed by atoms with Crippen molar-refractivity contribution in [1.82, 2.24) is 10.6 Å². The molecule has 1 aliphatic carbocycles. The van der Waals surface area contributed by atoms with E-state index >= 15 is 0 Å². The Morgan fingerprint density at radius 1 is 1.40 bits per heavy atom. The highest BCUT2D eigenvalue weighted by atomic mass is 16.1. The summed E-state index contributed by atoms with van der Waals surface area (Å²) in [6.45, 7) is 5.32. The van der Waals surface area contributed by atoms with Gasteiger partial charge in [0.25, 0.3) is 0 Å². The summed E-state index contributed by atoms with van der Waals surface area (Å²) < 4.78 is 0. The average molecular weight is 210 g/mol. The van der Waals surface area contributed by atoms with Gasteiger partial charge < -0.3 is 10.6 Å². The standard InChI is InChI=1S/C12H22N2O/c1-9-6-11(9)8-14-12(15)7-10-2-4-13-5-3-10/h9-11,13H,2-8H2,1H3,(H,14,15). The topological polar surface area (TPSA) is 41.1 Å². The van der Waals surface area contributed by atoms with Crippen molar-refractivity contribution >= 4 is 5.91 Å². The van der Waals surface area contributed by atoms with E-state index in [2.05, 4.69) is 17.6 Å². The number of carbonyl (C=O) groups is 1. The van der Waals surface area contributed by atoms with Crippen LogP contribution in [0.4, 0.5) is 0 Å². The van der Waals surface area contributed by atoms with Crippen molar-refractivity contribution < 1.29 is 4.79 Å². The molecule has 2 aliphatic rings. The van der Waals surface area contributed by atoms with Crippen molar-refractivity contribution in [2.45, 2.75) is 32.6 Å². The lowest BCUT2D eigenvalue weighted by molar-refractivity contribution is -0.122. The first-order valence-electron chi connectivity index (χ1n) is 6.23. The lowest BCUT2D eigenvalue weighted by Crippen LogP contribution is -2.33. The monoisotopic (exact) mass is 210 g/mol. The first-order chi connectivity index (χ1) is 7.25. The summed E-state index contributed by atoms with van der Waals surface area (Å²) in [4.78, 5) is 11.6. The maximum absolute atomic E-state index is 11.6. The summed E-state index contributed by atoms with van der Waals surface area (Å²) in [7, 11) is 0. The molecule has 2 atom stereocenters. The zero-order valence-corrected chi connectivity index (χ0v) is 9.59. The van der Waals surface area contributed by atoms with Gasteiger partial charge in [0.1, 0.15) is 0 Å². The van der Waals surface area contributed by atoms with Gasteiger partial charge in [-0.05, 0) is 50.1 Å². The molecule has 0 spiro atoms. The summed E-state index contributed by atoms with van der Waals surface area (Å²) in [5.41, 5.74) is 0. The molecule has 0 aromatic carbocycles. The molecule has 0 radical (unpaired) electrons. The van der Waals surface area contributed by atoms with E-state index in [4.69, 9.17) is 0 Å². The van der Waals surface area contributed by atoms with Gasteiger partial charge in [0, 0.05) is 13.0 Å². The molecule has 1 saturated heterocycles. The molecule has 1 heterocycles. The minimum absolute atomic E-state index is 0.265. The molecule has 2 rings (SSSR count). The molecule has 2 unspecified atom stereocenters. The number of carbonyl (C=O) groups excluding carboxylic acids is 1. The largest absolute Gasteiger partial charge is 0.356 e. The zero-order chi connectivity index (χ0) is 10.7. The van der Waals surface area contributed by atoms with E-state index in [0.717, 1.165) is 50.7 Å². The van der Waals surface area contributed by atoms with E-state index in [1.807, 2.05) is 0 Å². The van der Waals surface area contributed by atoms with Crippen LogP contribution in [0.3, 0.4) is 0 Å². The Kier molecular flexibility index (Phi) is 3.62. The second kappa shape index (κ2) is 4.97. The Hall–Kier alpha value is -0.570. The van der Waals surface area contributed by atoms with E-state index in [1.54, 1.807) is 0 Å². The summed E-state index contributed by atoms with van der Waals surface area (Å²) in [6, 6.07) is 0. The first-order valence-corrected chi connectivity index (χ1v) is 6.23. The third-order valence-electron chi connectivity index (χ3n) is 3.77. The number of rotatable bonds is 4. The van der Waals surface area contributed by atoms with Crippen LogP contribution < -0.4 is 10.6 Å². The minimum atomic E-state index is 0.265. The number of piperidine rings is 1.